The minimum absolute atomic E-state index is 0.183. The van der Waals surface area contributed by atoms with Crippen LogP contribution in [0, 0.1) is 6.08 Å². The van der Waals surface area contributed by atoms with Crippen LogP contribution in [-0.2, 0) is 5.54 Å². The predicted molar refractivity (Wildman–Crippen MR) is 35.0 cm³/mol. The molecule has 0 amide bonds. The summed E-state index contributed by atoms with van der Waals surface area (Å²) in [5, 5.41) is 3.52. The Bertz CT molecular complexity index is 223. The van der Waals surface area contributed by atoms with Crippen LogP contribution < -0.4 is 0 Å². The molecule has 0 bridgehead atoms. The predicted octanol–water partition coefficient (Wildman–Crippen LogP) is 1.17. The summed E-state index contributed by atoms with van der Waals surface area (Å²) in [5.41, 5.74) is -0.183. The van der Waals surface area contributed by atoms with Crippen molar-refractivity contribution in [1.82, 2.24) is 14.8 Å². The van der Waals surface area contributed by atoms with Gasteiger partial charge in [-0.3, -0.25) is 0 Å². The van der Waals surface area contributed by atoms with Crippen LogP contribution in [0.15, 0.2) is 6.33 Å². The van der Waals surface area contributed by atoms with E-state index in [0.717, 1.165) is 0 Å². The molecule has 56 valence electrons. The molecule has 1 aromatic rings. The summed E-state index contributed by atoms with van der Waals surface area (Å²) in [6.07, 6.45) is 0.713. The van der Waals surface area contributed by atoms with Gasteiger partial charge in [-0.15, -0.1) is 5.10 Å². The van der Waals surface area contributed by atoms with Crippen LogP contribution in [-0.4, -0.2) is 14.8 Å². The minimum Gasteiger partial charge on any atom is -0.245 e. The van der Waals surface area contributed by atoms with E-state index in [1.807, 2.05) is 20.8 Å². The second-order valence-corrected chi connectivity index (χ2v) is 3.13. The molecule has 4 heteroatoms. The zero-order valence-corrected chi connectivity index (χ0v) is 6.30. The monoisotopic (exact) mass is 143 g/mol. The van der Waals surface area contributed by atoms with Gasteiger partial charge in [-0.1, -0.05) is 0 Å². The Balaban J connectivity index is 2.96. The van der Waals surface area contributed by atoms with Crippen LogP contribution in [0.3, 0.4) is 0 Å². The van der Waals surface area contributed by atoms with Crippen molar-refractivity contribution < 1.29 is 4.39 Å². The second kappa shape index (κ2) is 2.04. The SMILES string of the molecule is CC(C)(C)n1cnc(F)n1. The van der Waals surface area contributed by atoms with Crippen LogP contribution in [0.1, 0.15) is 20.8 Å². The van der Waals surface area contributed by atoms with Crippen LogP contribution in [0.5, 0.6) is 0 Å². The van der Waals surface area contributed by atoms with Crippen molar-refractivity contribution in [2.45, 2.75) is 26.3 Å². The fourth-order valence-electron chi connectivity index (χ4n) is 0.566. The lowest BCUT2D eigenvalue weighted by Gasteiger charge is -2.17. The topological polar surface area (TPSA) is 30.7 Å². The summed E-state index contributed by atoms with van der Waals surface area (Å²) in [4.78, 5) is 3.37. The first-order valence-electron chi connectivity index (χ1n) is 3.08. The molecule has 0 aliphatic rings. The number of halogens is 1. The largest absolute Gasteiger partial charge is 0.327 e. The van der Waals surface area contributed by atoms with Gasteiger partial charge in [0.2, 0.25) is 0 Å². The quantitative estimate of drug-likeness (QED) is 0.545. The van der Waals surface area contributed by atoms with Gasteiger partial charge >= 0.3 is 6.08 Å². The van der Waals surface area contributed by atoms with Crippen molar-refractivity contribution in [3.8, 4) is 0 Å². The first kappa shape index (κ1) is 7.18. The Kier molecular flexibility index (Phi) is 1.46. The first-order chi connectivity index (χ1) is 4.50. The summed E-state index contributed by atoms with van der Waals surface area (Å²) >= 11 is 0. The third kappa shape index (κ3) is 1.32. The molecule has 1 heterocycles. The molecule has 0 radical (unpaired) electrons. The maximum atomic E-state index is 12.2. The van der Waals surface area contributed by atoms with Crippen LogP contribution in [0.25, 0.3) is 0 Å². The number of rotatable bonds is 0. The van der Waals surface area contributed by atoms with Gasteiger partial charge in [0, 0.05) is 0 Å². The van der Waals surface area contributed by atoms with Gasteiger partial charge in [-0.2, -0.15) is 9.37 Å². The summed E-state index contributed by atoms with van der Waals surface area (Å²) < 4.78 is 13.7. The fraction of sp³-hybridized carbons (Fsp3) is 0.667. The summed E-state index contributed by atoms with van der Waals surface area (Å²) in [6.45, 7) is 5.80. The molecule has 0 unspecified atom stereocenters. The van der Waals surface area contributed by atoms with Gasteiger partial charge < -0.3 is 0 Å². The van der Waals surface area contributed by atoms with Gasteiger partial charge in [0.1, 0.15) is 6.33 Å². The molecule has 0 fully saturated rings. The molecule has 0 saturated carbocycles. The van der Waals surface area contributed by atoms with Crippen LogP contribution in [0.2, 0.25) is 0 Å². The summed E-state index contributed by atoms with van der Waals surface area (Å²) in [6, 6.07) is 0. The van der Waals surface area contributed by atoms with Crippen LogP contribution >= 0.6 is 0 Å². The van der Waals surface area contributed by atoms with Crippen molar-refractivity contribution in [3.05, 3.63) is 12.4 Å². The Morgan fingerprint density at radius 3 is 2.30 bits per heavy atom. The van der Waals surface area contributed by atoms with Crippen LogP contribution in [0.4, 0.5) is 4.39 Å². The van der Waals surface area contributed by atoms with Crippen molar-refractivity contribution in [2.75, 3.05) is 0 Å². The third-order valence-corrected chi connectivity index (χ3v) is 1.15. The second-order valence-electron chi connectivity index (χ2n) is 3.13. The molecule has 0 saturated heterocycles. The number of nitrogens with zero attached hydrogens (tertiary/aromatic N) is 3. The zero-order valence-electron chi connectivity index (χ0n) is 6.30. The van der Waals surface area contributed by atoms with E-state index in [0.29, 0.717) is 0 Å². The molecular weight excluding hydrogens is 133 g/mol. The molecule has 0 aromatic carbocycles. The first-order valence-corrected chi connectivity index (χ1v) is 3.08. The highest BCUT2D eigenvalue weighted by Gasteiger charge is 2.14. The third-order valence-electron chi connectivity index (χ3n) is 1.15. The zero-order chi connectivity index (χ0) is 7.78. The van der Waals surface area contributed by atoms with Gasteiger partial charge in [0.15, 0.2) is 0 Å². The molecule has 0 atom stereocenters. The summed E-state index contributed by atoms with van der Waals surface area (Å²) in [7, 11) is 0. The minimum atomic E-state index is -0.671. The maximum absolute atomic E-state index is 12.2. The van der Waals surface area contributed by atoms with Gasteiger partial charge in [0.05, 0.1) is 5.54 Å². The van der Waals surface area contributed by atoms with E-state index in [-0.39, 0.29) is 5.54 Å². The van der Waals surface area contributed by atoms with E-state index < -0.39 is 6.08 Å². The lowest BCUT2D eigenvalue weighted by atomic mass is 10.1. The highest BCUT2D eigenvalue weighted by atomic mass is 19.1. The Morgan fingerprint density at radius 1 is 1.50 bits per heavy atom. The molecule has 1 rings (SSSR count). The molecule has 0 aliphatic heterocycles. The van der Waals surface area contributed by atoms with E-state index in [2.05, 4.69) is 10.1 Å². The van der Waals surface area contributed by atoms with E-state index in [1.165, 1.54) is 11.0 Å². The average Bonchev–Trinajstić information content (AvgIpc) is 2.11. The molecule has 0 spiro atoms. The van der Waals surface area contributed by atoms with Crippen molar-refractivity contribution in [2.24, 2.45) is 0 Å². The number of aromatic nitrogens is 3. The van der Waals surface area contributed by atoms with Gasteiger partial charge in [-0.25, -0.2) is 4.68 Å². The molecular formula is C6H10FN3. The Hall–Kier alpha value is -0.930. The normalized spacial score (nSPS) is 12.0. The van der Waals surface area contributed by atoms with E-state index in [1.54, 1.807) is 0 Å². The van der Waals surface area contributed by atoms with Crippen molar-refractivity contribution >= 4 is 0 Å². The Morgan fingerprint density at radius 2 is 2.10 bits per heavy atom. The lowest BCUT2D eigenvalue weighted by Crippen LogP contribution is -2.22. The van der Waals surface area contributed by atoms with Crippen molar-refractivity contribution in [1.29, 1.82) is 0 Å². The molecule has 1 aromatic heterocycles. The molecule has 3 nitrogen and oxygen atoms in total. The molecule has 0 N–H and O–H groups in total. The fourth-order valence-corrected chi connectivity index (χ4v) is 0.566. The molecule has 10 heavy (non-hydrogen) atoms. The highest BCUT2D eigenvalue weighted by Crippen LogP contribution is 2.10. The molecule has 0 aliphatic carbocycles. The maximum Gasteiger partial charge on any atom is 0.327 e. The van der Waals surface area contributed by atoms with E-state index in [9.17, 15) is 4.39 Å². The Labute approximate surface area is 58.9 Å². The van der Waals surface area contributed by atoms with E-state index in [4.69, 9.17) is 0 Å². The lowest BCUT2D eigenvalue weighted by molar-refractivity contribution is 0.342. The number of hydrogen-bond donors (Lipinski definition) is 0. The van der Waals surface area contributed by atoms with Crippen molar-refractivity contribution in [3.63, 3.8) is 0 Å². The van der Waals surface area contributed by atoms with Gasteiger partial charge in [0.25, 0.3) is 0 Å². The standard InChI is InChI=1S/C6H10FN3/c1-6(2,3)10-4-8-5(7)9-10/h4H,1-3H3. The van der Waals surface area contributed by atoms with E-state index >= 15 is 0 Å². The van der Waals surface area contributed by atoms with Gasteiger partial charge in [-0.05, 0) is 20.8 Å². The average molecular weight is 143 g/mol. The number of hydrogen-bond acceptors (Lipinski definition) is 2. The summed E-state index contributed by atoms with van der Waals surface area (Å²) in [5.74, 6) is 0. The highest BCUT2D eigenvalue weighted by molar-refractivity contribution is 4.72. The smallest absolute Gasteiger partial charge is 0.245 e.